The normalized spacial score (nSPS) is 11.9. The summed E-state index contributed by atoms with van der Waals surface area (Å²) in [5.41, 5.74) is 2.87. The molecule has 0 aliphatic heterocycles. The average Bonchev–Trinajstić information content (AvgIpc) is 2.92. The van der Waals surface area contributed by atoms with Crippen LogP contribution in [-0.2, 0) is 26.2 Å². The highest BCUT2D eigenvalue weighted by atomic mass is 32.2. The summed E-state index contributed by atoms with van der Waals surface area (Å²) in [5.74, 6) is -0.195. The Morgan fingerprint density at radius 2 is 1.62 bits per heavy atom. The molecule has 0 heterocycles. The lowest BCUT2D eigenvalue weighted by Gasteiger charge is -2.32. The van der Waals surface area contributed by atoms with Gasteiger partial charge in [0.25, 0.3) is 10.0 Å². The maximum Gasteiger partial charge on any atom is 0.264 e. The fraction of sp³-hybridized carbons (Fsp3) is 0.333. The molecule has 2 amide bonds. The molecule has 0 aliphatic carbocycles. The zero-order valence-electron chi connectivity index (χ0n) is 23.2. The van der Waals surface area contributed by atoms with Crippen molar-refractivity contribution in [3.05, 3.63) is 89.5 Å². The van der Waals surface area contributed by atoms with E-state index in [1.54, 1.807) is 62.6 Å². The third-order valence-electron chi connectivity index (χ3n) is 6.31. The molecule has 0 bridgehead atoms. The summed E-state index contributed by atoms with van der Waals surface area (Å²) in [4.78, 5) is 28.4. The molecule has 1 N–H and O–H groups in total. The summed E-state index contributed by atoms with van der Waals surface area (Å²) in [6, 6.07) is 19.8. The van der Waals surface area contributed by atoms with Crippen molar-refractivity contribution >= 4 is 27.5 Å². The van der Waals surface area contributed by atoms with Crippen molar-refractivity contribution < 1.29 is 22.7 Å². The van der Waals surface area contributed by atoms with Crippen LogP contribution in [0.1, 0.15) is 37.0 Å². The third kappa shape index (κ3) is 7.60. The van der Waals surface area contributed by atoms with Crippen LogP contribution in [0.25, 0.3) is 0 Å². The number of ether oxygens (including phenoxy) is 1. The van der Waals surface area contributed by atoms with Crippen LogP contribution in [0.4, 0.5) is 5.69 Å². The van der Waals surface area contributed by atoms with Crippen molar-refractivity contribution in [3.8, 4) is 5.75 Å². The van der Waals surface area contributed by atoms with Crippen molar-refractivity contribution in [2.24, 2.45) is 0 Å². The smallest absolute Gasteiger partial charge is 0.264 e. The molecule has 208 valence electrons. The molecule has 0 aromatic heterocycles. The molecule has 3 rings (SSSR count). The van der Waals surface area contributed by atoms with E-state index in [-0.39, 0.29) is 17.3 Å². The molecule has 0 fully saturated rings. The molecule has 8 nitrogen and oxygen atoms in total. The lowest BCUT2D eigenvalue weighted by molar-refractivity contribution is -0.139. The van der Waals surface area contributed by atoms with Gasteiger partial charge in [0.1, 0.15) is 18.3 Å². The largest absolute Gasteiger partial charge is 0.497 e. The first-order valence-electron chi connectivity index (χ1n) is 12.9. The Bertz CT molecular complexity index is 1370. The van der Waals surface area contributed by atoms with E-state index in [0.717, 1.165) is 27.4 Å². The summed E-state index contributed by atoms with van der Waals surface area (Å²) >= 11 is 0. The van der Waals surface area contributed by atoms with E-state index in [1.165, 1.54) is 17.0 Å². The molecular formula is C30H37N3O5S. The molecule has 0 radical (unpaired) electrons. The second kappa shape index (κ2) is 13.3. The molecule has 0 aliphatic rings. The Labute approximate surface area is 231 Å². The number of amides is 2. The number of aryl methyl sites for hydroxylation is 2. The number of hydrogen-bond acceptors (Lipinski definition) is 5. The lowest BCUT2D eigenvalue weighted by Crippen LogP contribution is -2.51. The Morgan fingerprint density at radius 1 is 0.949 bits per heavy atom. The molecule has 9 heteroatoms. The minimum Gasteiger partial charge on any atom is -0.497 e. The van der Waals surface area contributed by atoms with E-state index < -0.39 is 28.5 Å². The highest BCUT2D eigenvalue weighted by Gasteiger charge is 2.32. The highest BCUT2D eigenvalue weighted by Crippen LogP contribution is 2.27. The average molecular weight is 552 g/mol. The molecule has 39 heavy (non-hydrogen) atoms. The Morgan fingerprint density at radius 3 is 2.23 bits per heavy atom. The van der Waals surface area contributed by atoms with E-state index in [1.807, 2.05) is 32.9 Å². The van der Waals surface area contributed by atoms with E-state index in [9.17, 15) is 18.0 Å². The van der Waals surface area contributed by atoms with Crippen molar-refractivity contribution in [3.63, 3.8) is 0 Å². The van der Waals surface area contributed by atoms with E-state index in [4.69, 9.17) is 4.74 Å². The molecule has 1 atom stereocenters. The molecular weight excluding hydrogens is 514 g/mol. The molecule has 1 unspecified atom stereocenters. The number of sulfonamides is 1. The molecule has 3 aromatic carbocycles. The second-order valence-electron chi connectivity index (χ2n) is 9.51. The monoisotopic (exact) mass is 551 g/mol. The zero-order valence-corrected chi connectivity index (χ0v) is 24.0. The van der Waals surface area contributed by atoms with Crippen LogP contribution in [0.2, 0.25) is 0 Å². The number of methoxy groups -OCH3 is 1. The number of nitrogens with one attached hydrogen (secondary N) is 1. The third-order valence-corrected chi connectivity index (χ3v) is 8.10. The highest BCUT2D eigenvalue weighted by molar-refractivity contribution is 7.92. The topological polar surface area (TPSA) is 96.0 Å². The predicted octanol–water partition coefficient (Wildman–Crippen LogP) is 4.45. The van der Waals surface area contributed by atoms with Gasteiger partial charge in [-0.25, -0.2) is 8.42 Å². The Hall–Kier alpha value is -3.85. The van der Waals surface area contributed by atoms with Crippen molar-refractivity contribution in [2.75, 3.05) is 24.5 Å². The standard InChI is InChI=1S/C30H37N3O5S/c1-6-15-31-30(35)24(4)32(20-25-11-10-12-27(19-25)38-5)29(34)21-33(26-17-22(2)16-23(3)18-26)39(36,37)28-13-8-7-9-14-28/h7-14,16-19,24H,6,15,20-21H2,1-5H3,(H,31,35). The Balaban J connectivity index is 2.04. The minimum absolute atomic E-state index is 0.0741. The fourth-order valence-corrected chi connectivity index (χ4v) is 5.71. The lowest BCUT2D eigenvalue weighted by atomic mass is 10.1. The van der Waals surface area contributed by atoms with Gasteiger partial charge in [-0.1, -0.05) is 43.3 Å². The van der Waals surface area contributed by atoms with Gasteiger partial charge in [-0.3, -0.25) is 13.9 Å². The number of carbonyl (C=O) groups is 2. The quantitative estimate of drug-likeness (QED) is 0.359. The van der Waals surface area contributed by atoms with Gasteiger partial charge in [-0.15, -0.1) is 0 Å². The van der Waals surface area contributed by atoms with Gasteiger partial charge in [0, 0.05) is 13.1 Å². The van der Waals surface area contributed by atoms with Crippen molar-refractivity contribution in [2.45, 2.75) is 51.6 Å². The maximum atomic E-state index is 14.0. The number of hydrogen-bond donors (Lipinski definition) is 1. The summed E-state index contributed by atoms with van der Waals surface area (Å²) in [7, 11) is -2.54. The van der Waals surface area contributed by atoms with Crippen molar-refractivity contribution in [1.82, 2.24) is 10.2 Å². The molecule has 0 spiro atoms. The molecule has 3 aromatic rings. The van der Waals surface area contributed by atoms with Gasteiger partial charge in [0.2, 0.25) is 11.8 Å². The first kappa shape index (κ1) is 29.7. The summed E-state index contributed by atoms with van der Waals surface area (Å²) in [6.45, 7) is 7.44. The number of rotatable bonds is 12. The maximum absolute atomic E-state index is 14.0. The van der Waals surface area contributed by atoms with Gasteiger partial charge >= 0.3 is 0 Å². The number of carbonyl (C=O) groups excluding carboxylic acids is 2. The number of anilines is 1. The van der Waals surface area contributed by atoms with E-state index in [2.05, 4.69) is 5.32 Å². The number of benzene rings is 3. The van der Waals surface area contributed by atoms with Crippen LogP contribution in [0.3, 0.4) is 0 Å². The second-order valence-corrected chi connectivity index (χ2v) is 11.4. The zero-order chi connectivity index (χ0) is 28.6. The summed E-state index contributed by atoms with van der Waals surface area (Å²) < 4.78 is 34.2. The van der Waals surface area contributed by atoms with Crippen LogP contribution in [-0.4, -0.2) is 51.4 Å². The fourth-order valence-electron chi connectivity index (χ4n) is 4.29. The van der Waals surface area contributed by atoms with Gasteiger partial charge < -0.3 is 15.0 Å². The van der Waals surface area contributed by atoms with Gasteiger partial charge in [0.05, 0.1) is 17.7 Å². The minimum atomic E-state index is -4.09. The van der Waals surface area contributed by atoms with Gasteiger partial charge in [-0.05, 0) is 80.3 Å². The van der Waals surface area contributed by atoms with Crippen LogP contribution in [0, 0.1) is 13.8 Å². The van der Waals surface area contributed by atoms with E-state index in [0.29, 0.717) is 18.0 Å². The summed E-state index contributed by atoms with van der Waals surface area (Å²) in [5, 5.41) is 2.84. The molecule has 0 saturated heterocycles. The van der Waals surface area contributed by atoms with Crippen molar-refractivity contribution in [1.29, 1.82) is 0 Å². The Kier molecular flexibility index (Phi) is 10.1. The van der Waals surface area contributed by atoms with Gasteiger partial charge in [0.15, 0.2) is 0 Å². The summed E-state index contributed by atoms with van der Waals surface area (Å²) in [6.07, 6.45) is 0.748. The van der Waals surface area contributed by atoms with Crippen LogP contribution in [0.5, 0.6) is 5.75 Å². The first-order valence-corrected chi connectivity index (χ1v) is 14.4. The van der Waals surface area contributed by atoms with Crippen LogP contribution < -0.4 is 14.4 Å². The van der Waals surface area contributed by atoms with Crippen LogP contribution in [0.15, 0.2) is 77.7 Å². The van der Waals surface area contributed by atoms with Crippen LogP contribution >= 0.6 is 0 Å². The molecule has 0 saturated carbocycles. The van der Waals surface area contributed by atoms with E-state index >= 15 is 0 Å². The predicted molar refractivity (Wildman–Crippen MR) is 153 cm³/mol. The van der Waals surface area contributed by atoms with Gasteiger partial charge in [-0.2, -0.15) is 0 Å². The number of nitrogens with zero attached hydrogens (tertiary/aromatic N) is 2. The first-order chi connectivity index (χ1) is 18.6. The SMILES string of the molecule is CCCNC(=O)C(C)N(Cc1cccc(OC)c1)C(=O)CN(c1cc(C)cc(C)c1)S(=O)(=O)c1ccccc1.